The molecule has 0 spiro atoms. The number of fused-ring (bicyclic) bond motifs is 2. The van der Waals surface area contributed by atoms with Crippen molar-refractivity contribution in [3.63, 3.8) is 0 Å². The second kappa shape index (κ2) is 24.0. The van der Waals surface area contributed by atoms with Crippen molar-refractivity contribution in [2.45, 2.75) is 134 Å². The van der Waals surface area contributed by atoms with Crippen LogP contribution in [-0.4, -0.2) is 111 Å². The molecule has 362 valence electrons. The number of H-pyrrole nitrogens is 2. The molecule has 1 aliphatic carbocycles. The van der Waals surface area contributed by atoms with Gasteiger partial charge in [-0.3, -0.25) is 33.6 Å². The third-order valence-corrected chi connectivity index (χ3v) is 13.2. The van der Waals surface area contributed by atoms with Gasteiger partial charge in [-0.15, -0.1) is 0 Å². The van der Waals surface area contributed by atoms with E-state index in [2.05, 4.69) is 41.9 Å². The number of nitrogens with two attached hydrogens (primary N) is 1. The fraction of sp³-hybridized carbons (Fsp3) is 0.531. The number of benzene rings is 2. The van der Waals surface area contributed by atoms with Gasteiger partial charge in [-0.1, -0.05) is 63.1 Å². The third kappa shape index (κ3) is 14.6. The van der Waals surface area contributed by atoms with E-state index in [0.717, 1.165) is 52.3 Å². The number of carboxylic acid groups (broad SMARTS) is 2. The average molecular weight is 926 g/mol. The van der Waals surface area contributed by atoms with Crippen molar-refractivity contribution in [1.82, 2.24) is 41.9 Å². The van der Waals surface area contributed by atoms with Gasteiger partial charge in [0.25, 0.3) is 0 Å². The standard InChI is InChI=1S/C49H67N9O9/c1-28(2)42(58-44(60)22-33(56-49(67)37-27-51-18-17-38(37)50)20-30-26-53-40-13-7-4-10-35(30)40)24-45(61)57-41-14-8-5-11-36(41)48(66)55-32(19-29-25-52-39-12-6-3-9-34(29)39)21-43(59)54-31(23-47(64)65)15-16-46(62)63/h3-4,6-7,9-10,12-13,25-26,28,31-33,36-38,41-42,51-53H,5,8,11,14-24,27,50H2,1-2H3,(H,54,59)(H,55,66)(H,56,67)(H,57,61)(H,58,60)(H,62,63)(H,64,65)/t31-,32-,33-,36+,37+,38+,41+,42+/m0/s1. The zero-order chi connectivity index (χ0) is 48.0. The highest BCUT2D eigenvalue weighted by atomic mass is 16.4. The number of hydrogen-bond donors (Lipinski definition) is 11. The number of aliphatic carboxylic acids is 2. The van der Waals surface area contributed by atoms with Crippen LogP contribution in [-0.2, 0) is 46.4 Å². The molecule has 18 nitrogen and oxygen atoms in total. The van der Waals surface area contributed by atoms with Crippen molar-refractivity contribution < 1.29 is 43.8 Å². The highest BCUT2D eigenvalue weighted by molar-refractivity contribution is 5.87. The molecule has 1 saturated carbocycles. The Balaban J connectivity index is 1.10. The quantitative estimate of drug-likeness (QED) is 0.0514. The van der Waals surface area contributed by atoms with Gasteiger partial charge in [-0.25, -0.2) is 0 Å². The highest BCUT2D eigenvalue weighted by Crippen LogP contribution is 2.27. The van der Waals surface area contributed by atoms with Gasteiger partial charge in [0.05, 0.1) is 18.3 Å². The third-order valence-electron chi connectivity index (χ3n) is 13.2. The van der Waals surface area contributed by atoms with E-state index in [1.165, 1.54) is 0 Å². The van der Waals surface area contributed by atoms with Gasteiger partial charge in [0, 0.05) is 103 Å². The van der Waals surface area contributed by atoms with Crippen molar-refractivity contribution in [2.75, 3.05) is 13.1 Å². The van der Waals surface area contributed by atoms with Crippen LogP contribution >= 0.6 is 0 Å². The smallest absolute Gasteiger partial charge is 0.305 e. The summed E-state index contributed by atoms with van der Waals surface area (Å²) in [4.78, 5) is 98.2. The Morgan fingerprint density at radius 3 is 1.79 bits per heavy atom. The molecular weight excluding hydrogens is 859 g/mol. The number of carboxylic acids is 2. The van der Waals surface area contributed by atoms with E-state index in [1.54, 1.807) is 0 Å². The zero-order valence-corrected chi connectivity index (χ0v) is 38.4. The first-order valence-corrected chi connectivity index (χ1v) is 23.6. The minimum Gasteiger partial charge on any atom is -0.481 e. The maximum absolute atomic E-state index is 14.2. The highest BCUT2D eigenvalue weighted by Gasteiger charge is 2.35. The number of aromatic nitrogens is 2. The summed E-state index contributed by atoms with van der Waals surface area (Å²) in [6, 6.07) is 11.9. The lowest BCUT2D eigenvalue weighted by molar-refractivity contribution is -0.140. The van der Waals surface area contributed by atoms with Crippen molar-refractivity contribution in [1.29, 1.82) is 0 Å². The molecule has 67 heavy (non-hydrogen) atoms. The molecule has 18 heteroatoms. The monoisotopic (exact) mass is 926 g/mol. The van der Waals surface area contributed by atoms with Crippen LogP contribution in [0.1, 0.15) is 95.6 Å². The Morgan fingerprint density at radius 2 is 1.22 bits per heavy atom. The fourth-order valence-electron chi connectivity index (χ4n) is 9.53. The molecule has 12 N–H and O–H groups in total. The molecule has 2 aromatic heterocycles. The van der Waals surface area contributed by atoms with Gasteiger partial charge in [-0.05, 0) is 74.2 Å². The molecular formula is C49H67N9O9. The molecule has 2 aliphatic rings. The summed E-state index contributed by atoms with van der Waals surface area (Å²) >= 11 is 0. The predicted octanol–water partition coefficient (Wildman–Crippen LogP) is 3.15. The number of para-hydroxylation sites is 2. The van der Waals surface area contributed by atoms with Crippen LogP contribution in [0.25, 0.3) is 21.8 Å². The lowest BCUT2D eigenvalue weighted by Gasteiger charge is -2.33. The number of carbonyl (C=O) groups excluding carboxylic acids is 5. The summed E-state index contributed by atoms with van der Waals surface area (Å²) in [5, 5.41) is 38.8. The van der Waals surface area contributed by atoms with Crippen LogP contribution in [0.4, 0.5) is 0 Å². The fourth-order valence-corrected chi connectivity index (χ4v) is 9.53. The summed E-state index contributed by atoms with van der Waals surface area (Å²) in [5.41, 5.74) is 9.97. The molecule has 0 bridgehead atoms. The molecule has 4 aromatic rings. The Morgan fingerprint density at radius 1 is 0.657 bits per heavy atom. The van der Waals surface area contributed by atoms with E-state index in [0.29, 0.717) is 32.2 Å². The Bertz CT molecular complexity index is 2360. The lowest BCUT2D eigenvalue weighted by Crippen LogP contribution is -2.54. The maximum Gasteiger partial charge on any atom is 0.305 e. The van der Waals surface area contributed by atoms with Gasteiger partial charge in [0.15, 0.2) is 0 Å². The van der Waals surface area contributed by atoms with Gasteiger partial charge in [0.2, 0.25) is 29.5 Å². The molecule has 2 fully saturated rings. The van der Waals surface area contributed by atoms with Crippen LogP contribution in [0.3, 0.4) is 0 Å². The number of rotatable bonds is 23. The zero-order valence-electron chi connectivity index (χ0n) is 38.4. The first-order valence-electron chi connectivity index (χ1n) is 23.6. The van der Waals surface area contributed by atoms with Crippen LogP contribution in [0.15, 0.2) is 60.9 Å². The van der Waals surface area contributed by atoms with Crippen LogP contribution < -0.4 is 37.6 Å². The van der Waals surface area contributed by atoms with E-state index in [9.17, 15) is 43.8 Å². The molecule has 8 atom stereocenters. The van der Waals surface area contributed by atoms with Gasteiger partial charge in [-0.2, -0.15) is 0 Å². The average Bonchev–Trinajstić information content (AvgIpc) is 3.88. The van der Waals surface area contributed by atoms with E-state index in [1.807, 2.05) is 74.8 Å². The molecule has 3 heterocycles. The second-order valence-corrected chi connectivity index (χ2v) is 18.7. The summed E-state index contributed by atoms with van der Waals surface area (Å²) in [6.07, 6.45) is 6.48. The number of hydrogen-bond acceptors (Lipinski definition) is 9. The molecule has 1 saturated heterocycles. The number of carbonyl (C=O) groups is 7. The number of nitrogens with one attached hydrogen (secondary N) is 8. The van der Waals surface area contributed by atoms with Crippen molar-refractivity contribution in [3.05, 3.63) is 72.1 Å². The van der Waals surface area contributed by atoms with Crippen molar-refractivity contribution >= 4 is 63.3 Å². The molecule has 0 unspecified atom stereocenters. The number of aromatic amines is 2. The molecule has 1 aliphatic heterocycles. The van der Waals surface area contributed by atoms with Crippen molar-refractivity contribution in [2.24, 2.45) is 23.5 Å². The van der Waals surface area contributed by atoms with Crippen LogP contribution in [0.2, 0.25) is 0 Å². The summed E-state index contributed by atoms with van der Waals surface area (Å²) in [5.74, 6) is -5.22. The minimum absolute atomic E-state index is 0.0311. The minimum atomic E-state index is -1.18. The second-order valence-electron chi connectivity index (χ2n) is 18.7. The van der Waals surface area contributed by atoms with E-state index >= 15 is 0 Å². The maximum atomic E-state index is 14.2. The Labute approximate surface area is 390 Å². The molecule has 0 radical (unpaired) electrons. The Kier molecular flexibility index (Phi) is 17.9. The number of amides is 5. The predicted molar refractivity (Wildman–Crippen MR) is 252 cm³/mol. The molecule has 5 amide bonds. The largest absolute Gasteiger partial charge is 0.481 e. The summed E-state index contributed by atoms with van der Waals surface area (Å²) in [7, 11) is 0. The van der Waals surface area contributed by atoms with E-state index < -0.39 is 66.3 Å². The van der Waals surface area contributed by atoms with E-state index in [-0.39, 0.29) is 74.1 Å². The lowest BCUT2D eigenvalue weighted by atomic mass is 9.83. The first-order chi connectivity index (χ1) is 32.1. The number of piperidine rings is 1. The van der Waals surface area contributed by atoms with Crippen LogP contribution in [0, 0.1) is 17.8 Å². The van der Waals surface area contributed by atoms with Gasteiger partial charge in [0.1, 0.15) is 0 Å². The van der Waals surface area contributed by atoms with Crippen molar-refractivity contribution in [3.8, 4) is 0 Å². The molecule has 2 aromatic carbocycles. The Hall–Kier alpha value is -6.27. The SMILES string of the molecule is CC(C)[C@@H](CC(=O)N[C@@H]1CCCC[C@H]1C(=O)N[C@H](CC(=O)N[C@@H](CCC(=O)O)CC(=O)O)Cc1c[nH]c2ccccc12)NC(=O)C[C@H](Cc1c[nH]c2ccccc12)NC(=O)[C@@H]1CNCC[C@H]1N. The van der Waals surface area contributed by atoms with Crippen LogP contribution in [0.5, 0.6) is 0 Å². The van der Waals surface area contributed by atoms with Gasteiger partial charge < -0.3 is 57.8 Å². The van der Waals surface area contributed by atoms with E-state index in [4.69, 9.17) is 5.73 Å². The summed E-state index contributed by atoms with van der Waals surface area (Å²) in [6.45, 7) is 5.01. The molecule has 6 rings (SSSR count). The van der Waals surface area contributed by atoms with Gasteiger partial charge >= 0.3 is 11.9 Å². The topological polar surface area (TPSA) is 290 Å². The normalized spacial score (nSPS) is 20.3. The summed E-state index contributed by atoms with van der Waals surface area (Å²) < 4.78 is 0. The first kappa shape index (κ1) is 50.1.